The van der Waals surface area contributed by atoms with E-state index in [4.69, 9.17) is 8.85 Å². The molecule has 0 aromatic heterocycles. The Labute approximate surface area is 265 Å². The van der Waals surface area contributed by atoms with Gasteiger partial charge < -0.3 is 19.3 Å². The Morgan fingerprint density at radius 3 is 1.23 bits per heavy atom. The number of amides is 1. The van der Waals surface area contributed by atoms with Gasteiger partial charge in [0.25, 0.3) is 16.6 Å². The monoisotopic (exact) mass is 625 g/mol. The third kappa shape index (κ3) is 7.07. The third-order valence-corrected chi connectivity index (χ3v) is 18.5. The van der Waals surface area contributed by atoms with Crippen LogP contribution in [0.4, 0.5) is 4.79 Å². The summed E-state index contributed by atoms with van der Waals surface area (Å²) >= 11 is 0. The summed E-state index contributed by atoms with van der Waals surface area (Å²) in [7, 11) is -5.60. The number of carbonyl (C=O) groups is 1. The average molecular weight is 626 g/mol. The first-order valence-electron chi connectivity index (χ1n) is 15.4. The zero-order chi connectivity index (χ0) is 31.8. The van der Waals surface area contributed by atoms with Crippen LogP contribution in [-0.2, 0) is 8.85 Å². The second kappa shape index (κ2) is 14.1. The standard InChI is InChI=1S/C37H47NO4Si2/c1-36(2,3)43(31-19-11-7-12-20-31,32-21-13-8-14-22-32)41-28-27-30(38-35(39)40)29-42-44(37(4,5)6,33-23-15-9-16-24-33)34-25-17-10-18-26-34/h7-26,30,38H,27-29H2,1-6H3,(H,39,40)/t30-/m0/s1. The van der Waals surface area contributed by atoms with Gasteiger partial charge in [-0.1, -0.05) is 163 Å². The van der Waals surface area contributed by atoms with Crippen LogP contribution in [0, 0.1) is 0 Å². The molecule has 7 heteroatoms. The smallest absolute Gasteiger partial charge is 0.404 e. The summed E-state index contributed by atoms with van der Waals surface area (Å²) < 4.78 is 14.2. The third-order valence-electron chi connectivity index (χ3n) is 8.45. The van der Waals surface area contributed by atoms with Gasteiger partial charge in [-0.25, -0.2) is 4.79 Å². The lowest BCUT2D eigenvalue weighted by molar-refractivity contribution is 0.170. The van der Waals surface area contributed by atoms with Gasteiger partial charge in [0, 0.05) is 6.61 Å². The van der Waals surface area contributed by atoms with E-state index in [0.29, 0.717) is 13.0 Å². The van der Waals surface area contributed by atoms with Gasteiger partial charge in [0.15, 0.2) is 0 Å². The summed E-state index contributed by atoms with van der Waals surface area (Å²) in [5.74, 6) is 0. The lowest BCUT2D eigenvalue weighted by Gasteiger charge is -2.44. The first kappa shape index (κ1) is 33.4. The summed E-state index contributed by atoms with van der Waals surface area (Å²) in [6.07, 6.45) is -0.582. The van der Waals surface area contributed by atoms with Crippen molar-refractivity contribution >= 4 is 43.5 Å². The molecule has 0 aliphatic rings. The van der Waals surface area contributed by atoms with Crippen molar-refractivity contribution in [1.82, 2.24) is 5.32 Å². The molecule has 0 spiro atoms. The highest BCUT2D eigenvalue weighted by molar-refractivity contribution is 7.00. The highest BCUT2D eigenvalue weighted by Gasteiger charge is 2.51. The summed E-state index contributed by atoms with van der Waals surface area (Å²) in [6.45, 7) is 14.1. The van der Waals surface area contributed by atoms with E-state index in [-0.39, 0.29) is 16.7 Å². The Bertz CT molecular complexity index is 1370. The molecular weight excluding hydrogens is 579 g/mol. The van der Waals surface area contributed by atoms with E-state index in [0.717, 1.165) is 10.4 Å². The van der Waals surface area contributed by atoms with Crippen molar-refractivity contribution in [3.63, 3.8) is 0 Å². The van der Waals surface area contributed by atoms with Crippen LogP contribution in [-0.4, -0.2) is 47.1 Å². The van der Waals surface area contributed by atoms with E-state index >= 15 is 0 Å². The van der Waals surface area contributed by atoms with Gasteiger partial charge in [0.1, 0.15) is 0 Å². The van der Waals surface area contributed by atoms with Crippen molar-refractivity contribution in [2.45, 2.75) is 64.1 Å². The summed E-state index contributed by atoms with van der Waals surface area (Å²) in [5, 5.41) is 17.0. The van der Waals surface area contributed by atoms with Crippen molar-refractivity contribution in [3.05, 3.63) is 121 Å². The van der Waals surface area contributed by atoms with Gasteiger partial charge in [-0.3, -0.25) is 0 Å². The Balaban J connectivity index is 1.67. The van der Waals surface area contributed by atoms with Gasteiger partial charge in [0.2, 0.25) is 0 Å². The number of hydrogen-bond donors (Lipinski definition) is 2. The van der Waals surface area contributed by atoms with E-state index in [1.807, 2.05) is 24.3 Å². The van der Waals surface area contributed by atoms with Crippen LogP contribution >= 0.6 is 0 Å². The maximum Gasteiger partial charge on any atom is 0.404 e. The maximum atomic E-state index is 12.0. The van der Waals surface area contributed by atoms with Crippen LogP contribution < -0.4 is 26.1 Å². The molecular formula is C37H47NO4Si2. The molecule has 0 unspecified atom stereocenters. The highest BCUT2D eigenvalue weighted by atomic mass is 28.4. The molecule has 5 nitrogen and oxygen atoms in total. The van der Waals surface area contributed by atoms with Gasteiger partial charge in [-0.15, -0.1) is 0 Å². The van der Waals surface area contributed by atoms with Crippen LogP contribution in [0.2, 0.25) is 10.1 Å². The molecule has 1 atom stereocenters. The number of rotatable bonds is 12. The fourth-order valence-electron chi connectivity index (χ4n) is 6.47. The maximum absolute atomic E-state index is 12.0. The van der Waals surface area contributed by atoms with Crippen LogP contribution in [0.5, 0.6) is 0 Å². The fraction of sp³-hybridized carbons (Fsp3) is 0.324. The molecule has 44 heavy (non-hydrogen) atoms. The molecule has 0 saturated carbocycles. The SMILES string of the molecule is CC(C)(C)[Si](OCC[C@@H](CO[Si](c1ccccc1)(c1ccccc1)C(C)(C)C)NC(=O)O)(c1ccccc1)c1ccccc1. The van der Waals surface area contributed by atoms with Crippen LogP contribution in [0.15, 0.2) is 121 Å². The number of benzene rings is 4. The second-order valence-electron chi connectivity index (χ2n) is 13.4. The quantitative estimate of drug-likeness (QED) is 0.185. The second-order valence-corrected chi connectivity index (χ2v) is 22.0. The summed E-state index contributed by atoms with van der Waals surface area (Å²) in [4.78, 5) is 12.0. The molecule has 2 N–H and O–H groups in total. The summed E-state index contributed by atoms with van der Waals surface area (Å²) in [6, 6.07) is 41.4. The Hall–Kier alpha value is -3.50. The summed E-state index contributed by atoms with van der Waals surface area (Å²) in [5.41, 5.74) is 0. The Kier molecular flexibility index (Phi) is 10.7. The van der Waals surface area contributed by atoms with Crippen molar-refractivity contribution in [3.8, 4) is 0 Å². The van der Waals surface area contributed by atoms with E-state index in [1.165, 1.54) is 10.4 Å². The molecule has 4 aromatic carbocycles. The Morgan fingerprint density at radius 2 is 0.932 bits per heavy atom. The van der Waals surface area contributed by atoms with Crippen molar-refractivity contribution < 1.29 is 18.8 Å². The number of nitrogens with one attached hydrogen (secondary N) is 1. The first-order chi connectivity index (χ1) is 20.9. The van der Waals surface area contributed by atoms with Gasteiger partial charge in [-0.2, -0.15) is 0 Å². The van der Waals surface area contributed by atoms with E-state index in [2.05, 4.69) is 144 Å². The largest absolute Gasteiger partial charge is 0.465 e. The molecule has 0 saturated heterocycles. The molecule has 1 amide bonds. The zero-order valence-corrected chi connectivity index (χ0v) is 28.9. The van der Waals surface area contributed by atoms with E-state index < -0.39 is 28.8 Å². The number of hydrogen-bond acceptors (Lipinski definition) is 3. The zero-order valence-electron chi connectivity index (χ0n) is 26.9. The predicted octanol–water partition coefficient (Wildman–Crippen LogP) is 6.17. The average Bonchev–Trinajstić information content (AvgIpc) is 3.00. The van der Waals surface area contributed by atoms with Gasteiger partial charge >= 0.3 is 6.09 Å². The predicted molar refractivity (Wildman–Crippen MR) is 187 cm³/mol. The molecule has 4 rings (SSSR count). The van der Waals surface area contributed by atoms with Crippen molar-refractivity contribution in [1.29, 1.82) is 0 Å². The Morgan fingerprint density at radius 1 is 0.614 bits per heavy atom. The minimum Gasteiger partial charge on any atom is -0.465 e. The first-order valence-corrected chi connectivity index (χ1v) is 19.2. The minimum absolute atomic E-state index is 0.170. The van der Waals surface area contributed by atoms with Crippen LogP contribution in [0.25, 0.3) is 0 Å². The van der Waals surface area contributed by atoms with Gasteiger partial charge in [-0.05, 0) is 37.2 Å². The molecule has 4 aromatic rings. The van der Waals surface area contributed by atoms with E-state index in [9.17, 15) is 9.90 Å². The highest BCUT2D eigenvalue weighted by Crippen LogP contribution is 2.38. The molecule has 0 heterocycles. The lowest BCUT2D eigenvalue weighted by Crippen LogP contribution is -2.67. The van der Waals surface area contributed by atoms with Crippen molar-refractivity contribution in [2.75, 3.05) is 13.2 Å². The van der Waals surface area contributed by atoms with Crippen LogP contribution in [0.3, 0.4) is 0 Å². The van der Waals surface area contributed by atoms with Crippen LogP contribution in [0.1, 0.15) is 48.0 Å². The van der Waals surface area contributed by atoms with Crippen molar-refractivity contribution in [2.24, 2.45) is 0 Å². The molecule has 0 aliphatic heterocycles. The topological polar surface area (TPSA) is 67.8 Å². The normalized spacial score (nSPS) is 13.3. The molecule has 0 bridgehead atoms. The lowest BCUT2D eigenvalue weighted by atomic mass is 10.2. The molecule has 0 fully saturated rings. The molecule has 232 valence electrons. The fourth-order valence-corrected chi connectivity index (χ4v) is 15.7. The minimum atomic E-state index is -2.84. The molecule has 0 radical (unpaired) electrons. The molecule has 0 aliphatic carbocycles. The van der Waals surface area contributed by atoms with Gasteiger partial charge in [0.05, 0.1) is 12.6 Å². The number of carboxylic acid groups (broad SMARTS) is 1. The van der Waals surface area contributed by atoms with E-state index in [1.54, 1.807) is 0 Å².